The molecule has 1 N–H and O–H groups in total. The summed E-state index contributed by atoms with van der Waals surface area (Å²) >= 11 is 0. The minimum absolute atomic E-state index is 0.00937. The molecule has 0 spiro atoms. The Morgan fingerprint density at radius 2 is 1.93 bits per heavy atom. The number of aryl methyl sites for hydroxylation is 1. The molecule has 0 aliphatic carbocycles. The highest BCUT2D eigenvalue weighted by atomic mass is 19.1. The first kappa shape index (κ1) is 21.0. The summed E-state index contributed by atoms with van der Waals surface area (Å²) in [5.74, 6) is -1.70. The average Bonchev–Trinajstić information content (AvgIpc) is 2.74. The Labute approximate surface area is 169 Å². The summed E-state index contributed by atoms with van der Waals surface area (Å²) in [6, 6.07) is 10.0. The lowest BCUT2D eigenvalue weighted by molar-refractivity contribution is 0.0697. The van der Waals surface area contributed by atoms with Gasteiger partial charge < -0.3 is 19.7 Å². The van der Waals surface area contributed by atoms with Crippen molar-refractivity contribution in [3.8, 4) is 5.75 Å². The molecular formula is C22H26F2N2O3. The van der Waals surface area contributed by atoms with Crippen molar-refractivity contribution in [2.24, 2.45) is 0 Å². The Morgan fingerprint density at radius 3 is 2.66 bits per heavy atom. The monoisotopic (exact) mass is 404 g/mol. The number of nitrogens with one attached hydrogen (secondary N) is 1. The van der Waals surface area contributed by atoms with Crippen LogP contribution in [0, 0.1) is 18.6 Å². The van der Waals surface area contributed by atoms with Gasteiger partial charge in [-0.1, -0.05) is 36.8 Å². The largest absolute Gasteiger partial charge is 0.486 e. The van der Waals surface area contributed by atoms with E-state index in [1.54, 1.807) is 4.90 Å². The molecular weight excluding hydrogens is 378 g/mol. The standard InChI is InChI=1S/C22H26F2N2O3/c1-3-17-12-25-10-11-26(17)22(27)29-14-18-19(23)8-9-20(21(18)24)28-13-16-6-4-15(2)5-7-16/h4-9,17,25H,3,10-14H2,1-2H3/t17-/m1/s1. The van der Waals surface area contributed by atoms with E-state index >= 15 is 0 Å². The molecule has 3 rings (SSSR count). The van der Waals surface area contributed by atoms with E-state index in [0.717, 1.165) is 23.6 Å². The van der Waals surface area contributed by atoms with Crippen LogP contribution in [0.5, 0.6) is 5.75 Å². The number of hydrogen-bond acceptors (Lipinski definition) is 4. The van der Waals surface area contributed by atoms with Gasteiger partial charge in [0.2, 0.25) is 0 Å². The molecule has 1 atom stereocenters. The number of rotatable bonds is 6. The fourth-order valence-corrected chi connectivity index (χ4v) is 3.25. The summed E-state index contributed by atoms with van der Waals surface area (Å²) in [5.41, 5.74) is 1.67. The van der Waals surface area contributed by atoms with E-state index in [1.807, 2.05) is 38.1 Å². The van der Waals surface area contributed by atoms with Crippen LogP contribution in [-0.2, 0) is 18.0 Å². The maximum atomic E-state index is 14.8. The SMILES string of the molecule is CC[C@@H]1CNCCN1C(=O)OCc1c(F)ccc(OCc2ccc(C)cc2)c1F. The van der Waals surface area contributed by atoms with Crippen molar-refractivity contribution < 1.29 is 23.0 Å². The third-order valence-corrected chi connectivity index (χ3v) is 5.06. The van der Waals surface area contributed by atoms with Gasteiger partial charge >= 0.3 is 6.09 Å². The van der Waals surface area contributed by atoms with Crippen LogP contribution in [0.15, 0.2) is 36.4 Å². The minimum atomic E-state index is -0.850. The zero-order valence-electron chi connectivity index (χ0n) is 16.7. The Kier molecular flexibility index (Phi) is 7.04. The minimum Gasteiger partial charge on any atom is -0.486 e. The van der Waals surface area contributed by atoms with Crippen molar-refractivity contribution in [1.29, 1.82) is 0 Å². The fourth-order valence-electron chi connectivity index (χ4n) is 3.25. The summed E-state index contributed by atoms with van der Waals surface area (Å²) in [6.45, 7) is 5.46. The summed E-state index contributed by atoms with van der Waals surface area (Å²) in [5, 5.41) is 3.21. The van der Waals surface area contributed by atoms with Gasteiger partial charge in [-0.2, -0.15) is 0 Å². The van der Waals surface area contributed by atoms with Crippen molar-refractivity contribution in [2.45, 2.75) is 39.5 Å². The molecule has 1 fully saturated rings. The molecule has 156 valence electrons. The molecule has 0 saturated carbocycles. The van der Waals surface area contributed by atoms with E-state index in [2.05, 4.69) is 5.32 Å². The second kappa shape index (κ2) is 9.69. The van der Waals surface area contributed by atoms with Crippen LogP contribution in [0.25, 0.3) is 0 Å². The zero-order valence-corrected chi connectivity index (χ0v) is 16.7. The van der Waals surface area contributed by atoms with Gasteiger partial charge in [0.25, 0.3) is 0 Å². The van der Waals surface area contributed by atoms with Gasteiger partial charge in [-0.3, -0.25) is 0 Å². The van der Waals surface area contributed by atoms with Gasteiger partial charge in [-0.25, -0.2) is 13.6 Å². The number of carbonyl (C=O) groups excluding carboxylic acids is 1. The van der Waals surface area contributed by atoms with Gasteiger partial charge in [0.05, 0.1) is 5.56 Å². The molecule has 1 aliphatic rings. The molecule has 2 aromatic carbocycles. The Bertz CT molecular complexity index is 843. The average molecular weight is 404 g/mol. The van der Waals surface area contributed by atoms with Gasteiger partial charge in [-0.15, -0.1) is 0 Å². The van der Waals surface area contributed by atoms with E-state index in [1.165, 1.54) is 6.07 Å². The van der Waals surface area contributed by atoms with Crippen molar-refractivity contribution in [3.63, 3.8) is 0 Å². The van der Waals surface area contributed by atoms with Crippen molar-refractivity contribution in [1.82, 2.24) is 10.2 Å². The first-order valence-corrected chi connectivity index (χ1v) is 9.79. The van der Waals surface area contributed by atoms with Gasteiger partial charge in [0.15, 0.2) is 11.6 Å². The molecule has 0 bridgehead atoms. The Hall–Kier alpha value is -2.67. The fraction of sp³-hybridized carbons (Fsp3) is 0.409. The highest BCUT2D eigenvalue weighted by Gasteiger charge is 2.27. The maximum Gasteiger partial charge on any atom is 0.410 e. The number of amides is 1. The number of nitrogens with zero attached hydrogens (tertiary/aromatic N) is 1. The number of piperazine rings is 1. The zero-order chi connectivity index (χ0) is 20.8. The highest BCUT2D eigenvalue weighted by molar-refractivity contribution is 5.68. The van der Waals surface area contributed by atoms with Gasteiger partial charge in [0.1, 0.15) is 19.0 Å². The maximum absolute atomic E-state index is 14.8. The summed E-state index contributed by atoms with van der Waals surface area (Å²) < 4.78 is 39.7. The number of ether oxygens (including phenoxy) is 2. The number of carbonyl (C=O) groups is 1. The van der Waals surface area contributed by atoms with Crippen LogP contribution in [0.3, 0.4) is 0 Å². The molecule has 1 amide bonds. The van der Waals surface area contributed by atoms with Gasteiger partial charge in [-0.05, 0) is 31.0 Å². The predicted octanol–water partition coefficient (Wildman–Crippen LogP) is 4.17. The molecule has 7 heteroatoms. The van der Waals surface area contributed by atoms with E-state index in [9.17, 15) is 13.6 Å². The topological polar surface area (TPSA) is 50.8 Å². The Morgan fingerprint density at radius 1 is 1.17 bits per heavy atom. The highest BCUT2D eigenvalue weighted by Crippen LogP contribution is 2.25. The third kappa shape index (κ3) is 5.23. The van der Waals surface area contributed by atoms with Crippen LogP contribution < -0.4 is 10.1 Å². The molecule has 29 heavy (non-hydrogen) atoms. The second-order valence-corrected chi connectivity index (χ2v) is 7.13. The van der Waals surface area contributed by atoms with Crippen LogP contribution in [-0.4, -0.2) is 36.7 Å². The lowest BCUT2D eigenvalue weighted by atomic mass is 10.1. The molecule has 0 aromatic heterocycles. The predicted molar refractivity (Wildman–Crippen MR) is 106 cm³/mol. The van der Waals surface area contributed by atoms with E-state index < -0.39 is 24.3 Å². The Balaban J connectivity index is 1.65. The van der Waals surface area contributed by atoms with Crippen LogP contribution in [0.1, 0.15) is 30.0 Å². The summed E-state index contributed by atoms with van der Waals surface area (Å²) in [7, 11) is 0. The van der Waals surface area contributed by atoms with Crippen molar-refractivity contribution in [2.75, 3.05) is 19.6 Å². The second-order valence-electron chi connectivity index (χ2n) is 7.13. The number of hydrogen-bond donors (Lipinski definition) is 1. The van der Waals surface area contributed by atoms with Crippen LogP contribution in [0.2, 0.25) is 0 Å². The van der Waals surface area contributed by atoms with Gasteiger partial charge in [0, 0.05) is 25.7 Å². The van der Waals surface area contributed by atoms with E-state index in [0.29, 0.717) is 19.6 Å². The third-order valence-electron chi connectivity index (χ3n) is 5.06. The smallest absolute Gasteiger partial charge is 0.410 e. The molecule has 2 aromatic rings. The summed E-state index contributed by atoms with van der Waals surface area (Å²) in [6.07, 6.45) is 0.204. The molecule has 1 saturated heterocycles. The molecule has 0 unspecified atom stereocenters. The van der Waals surface area contributed by atoms with Crippen molar-refractivity contribution >= 4 is 6.09 Å². The molecule has 0 radical (unpaired) electrons. The van der Waals surface area contributed by atoms with Crippen molar-refractivity contribution in [3.05, 3.63) is 64.7 Å². The first-order chi connectivity index (χ1) is 14.0. The normalized spacial score (nSPS) is 16.6. The quantitative estimate of drug-likeness (QED) is 0.785. The molecule has 1 aliphatic heterocycles. The molecule has 1 heterocycles. The lowest BCUT2D eigenvalue weighted by Crippen LogP contribution is -2.53. The van der Waals surface area contributed by atoms with E-state index in [4.69, 9.17) is 9.47 Å². The number of benzene rings is 2. The first-order valence-electron chi connectivity index (χ1n) is 9.79. The van der Waals surface area contributed by atoms with Crippen LogP contribution in [0.4, 0.5) is 13.6 Å². The number of halogens is 2. The lowest BCUT2D eigenvalue weighted by Gasteiger charge is -2.34. The molecule has 5 nitrogen and oxygen atoms in total. The van der Waals surface area contributed by atoms with E-state index in [-0.39, 0.29) is 24.0 Å². The van der Waals surface area contributed by atoms with Crippen LogP contribution >= 0.6 is 0 Å². The summed E-state index contributed by atoms with van der Waals surface area (Å²) in [4.78, 5) is 14.0.